The van der Waals surface area contributed by atoms with E-state index in [0.29, 0.717) is 17.7 Å². The molecule has 1 saturated carbocycles. The second-order valence-electron chi connectivity index (χ2n) is 4.62. The van der Waals surface area contributed by atoms with Gasteiger partial charge in [0.25, 0.3) is 0 Å². The van der Waals surface area contributed by atoms with Crippen molar-refractivity contribution in [3.63, 3.8) is 0 Å². The number of carboxylic acids is 1. The van der Waals surface area contributed by atoms with E-state index in [-0.39, 0.29) is 11.7 Å². The summed E-state index contributed by atoms with van der Waals surface area (Å²) in [7, 11) is 1.58. The second-order valence-corrected chi connectivity index (χ2v) is 4.62. The average molecular weight is 251 g/mol. The number of aliphatic carboxylic acids is 1. The van der Waals surface area contributed by atoms with E-state index in [1.165, 1.54) is 17.0 Å². The number of nitrogens with zero attached hydrogens (tertiary/aromatic N) is 1. The van der Waals surface area contributed by atoms with Gasteiger partial charge in [-0.1, -0.05) is 0 Å². The lowest BCUT2D eigenvalue weighted by molar-refractivity contribution is -0.139. The van der Waals surface area contributed by atoms with Gasteiger partial charge in [0.2, 0.25) is 5.91 Å². The Morgan fingerprint density at radius 1 is 1.39 bits per heavy atom. The first-order valence-electron chi connectivity index (χ1n) is 5.68. The Bertz CT molecular complexity index is 515. The molecule has 2 atom stereocenters. The van der Waals surface area contributed by atoms with Crippen molar-refractivity contribution in [2.45, 2.75) is 13.3 Å². The summed E-state index contributed by atoms with van der Waals surface area (Å²) < 4.78 is 13.1. The number of hydrogen-bond acceptors (Lipinski definition) is 2. The molecule has 1 amide bonds. The normalized spacial score (nSPS) is 21.5. The molecule has 1 aliphatic carbocycles. The molecule has 0 heterocycles. The summed E-state index contributed by atoms with van der Waals surface area (Å²) in [5.74, 6) is -2.50. The molecule has 0 bridgehead atoms. The summed E-state index contributed by atoms with van der Waals surface area (Å²) in [5.41, 5.74) is 1.03. The van der Waals surface area contributed by atoms with Gasteiger partial charge in [0.1, 0.15) is 5.82 Å². The fourth-order valence-corrected chi connectivity index (χ4v) is 1.95. The van der Waals surface area contributed by atoms with Crippen LogP contribution < -0.4 is 4.90 Å². The molecule has 18 heavy (non-hydrogen) atoms. The molecule has 1 N–H and O–H groups in total. The van der Waals surface area contributed by atoms with Crippen molar-refractivity contribution >= 4 is 17.6 Å². The zero-order chi connectivity index (χ0) is 13.4. The summed E-state index contributed by atoms with van der Waals surface area (Å²) >= 11 is 0. The number of amides is 1. The minimum Gasteiger partial charge on any atom is -0.481 e. The number of benzene rings is 1. The molecule has 0 aliphatic heterocycles. The summed E-state index contributed by atoms with van der Waals surface area (Å²) in [6.07, 6.45) is 0.388. The van der Waals surface area contributed by atoms with Gasteiger partial charge in [-0.15, -0.1) is 0 Å². The van der Waals surface area contributed by atoms with Crippen LogP contribution in [0.3, 0.4) is 0 Å². The van der Waals surface area contributed by atoms with Crippen LogP contribution in [0.25, 0.3) is 0 Å². The Labute approximate surface area is 104 Å². The molecule has 0 radical (unpaired) electrons. The molecule has 5 heteroatoms. The van der Waals surface area contributed by atoms with Crippen molar-refractivity contribution in [2.24, 2.45) is 11.8 Å². The van der Waals surface area contributed by atoms with Crippen LogP contribution in [0.15, 0.2) is 18.2 Å². The van der Waals surface area contributed by atoms with E-state index in [9.17, 15) is 14.0 Å². The van der Waals surface area contributed by atoms with Crippen LogP contribution in [-0.4, -0.2) is 24.0 Å². The number of aryl methyl sites for hydroxylation is 1. The van der Waals surface area contributed by atoms with E-state index >= 15 is 0 Å². The topological polar surface area (TPSA) is 57.6 Å². The van der Waals surface area contributed by atoms with Crippen LogP contribution in [0.2, 0.25) is 0 Å². The smallest absolute Gasteiger partial charge is 0.307 e. The molecule has 4 nitrogen and oxygen atoms in total. The van der Waals surface area contributed by atoms with Crippen LogP contribution in [-0.2, 0) is 9.59 Å². The minimum atomic E-state index is -0.933. The molecule has 2 rings (SSSR count). The number of carboxylic acid groups (broad SMARTS) is 1. The number of carbonyl (C=O) groups is 2. The fraction of sp³-hybridized carbons (Fsp3) is 0.385. The minimum absolute atomic E-state index is 0.228. The molecule has 1 aromatic carbocycles. The molecule has 0 saturated heterocycles. The zero-order valence-corrected chi connectivity index (χ0v) is 10.2. The second kappa shape index (κ2) is 4.40. The van der Waals surface area contributed by atoms with Crippen molar-refractivity contribution in [3.8, 4) is 0 Å². The maximum Gasteiger partial charge on any atom is 0.307 e. The average Bonchev–Trinajstić information content (AvgIpc) is 3.11. The van der Waals surface area contributed by atoms with Crippen molar-refractivity contribution in [1.82, 2.24) is 0 Å². The Kier molecular flexibility index (Phi) is 3.07. The lowest BCUT2D eigenvalue weighted by atomic mass is 10.2. The summed E-state index contributed by atoms with van der Waals surface area (Å²) in [6, 6.07) is 4.39. The molecule has 1 aromatic rings. The van der Waals surface area contributed by atoms with Gasteiger partial charge < -0.3 is 10.0 Å². The Hall–Kier alpha value is -1.91. The van der Waals surface area contributed by atoms with Crippen LogP contribution in [0.4, 0.5) is 10.1 Å². The van der Waals surface area contributed by atoms with Gasteiger partial charge >= 0.3 is 5.97 Å². The van der Waals surface area contributed by atoms with Crippen LogP contribution in [0.5, 0.6) is 0 Å². The number of hydrogen-bond donors (Lipinski definition) is 1. The van der Waals surface area contributed by atoms with Gasteiger partial charge in [-0.3, -0.25) is 9.59 Å². The van der Waals surface area contributed by atoms with Crippen molar-refractivity contribution < 1.29 is 19.1 Å². The lowest BCUT2D eigenvalue weighted by Gasteiger charge is -2.18. The van der Waals surface area contributed by atoms with Gasteiger partial charge in [-0.2, -0.15) is 0 Å². The highest BCUT2D eigenvalue weighted by Gasteiger charge is 2.49. The van der Waals surface area contributed by atoms with E-state index in [4.69, 9.17) is 5.11 Å². The Morgan fingerprint density at radius 3 is 2.56 bits per heavy atom. The Balaban J connectivity index is 2.12. The maximum absolute atomic E-state index is 13.1. The molecule has 0 aromatic heterocycles. The lowest BCUT2D eigenvalue weighted by Crippen LogP contribution is -2.29. The number of rotatable bonds is 3. The van der Waals surface area contributed by atoms with Crippen LogP contribution >= 0.6 is 0 Å². The molecule has 96 valence electrons. The third-order valence-corrected chi connectivity index (χ3v) is 3.28. The van der Waals surface area contributed by atoms with E-state index in [0.717, 1.165) is 0 Å². The molecular formula is C13H14FNO3. The fourth-order valence-electron chi connectivity index (χ4n) is 1.95. The van der Waals surface area contributed by atoms with Crippen molar-refractivity contribution in [3.05, 3.63) is 29.6 Å². The molecule has 1 aliphatic rings. The highest BCUT2D eigenvalue weighted by Crippen LogP contribution is 2.40. The third kappa shape index (κ3) is 2.20. The summed E-state index contributed by atoms with van der Waals surface area (Å²) in [6.45, 7) is 1.62. The Morgan fingerprint density at radius 2 is 2.06 bits per heavy atom. The first-order chi connectivity index (χ1) is 8.41. The molecular weight excluding hydrogens is 237 g/mol. The van der Waals surface area contributed by atoms with Crippen LogP contribution in [0, 0.1) is 24.6 Å². The van der Waals surface area contributed by atoms with Crippen LogP contribution in [0.1, 0.15) is 12.0 Å². The standard InChI is InChI=1S/C13H14FNO3/c1-7-5-8(3-4-11(7)14)15(2)12(16)9-6-10(9)13(17)18/h3-5,9-10H,6H2,1-2H3,(H,17,18). The van der Waals surface area contributed by atoms with Gasteiger partial charge in [0.15, 0.2) is 0 Å². The van der Waals surface area contributed by atoms with E-state index < -0.39 is 17.8 Å². The number of anilines is 1. The predicted molar refractivity (Wildman–Crippen MR) is 63.8 cm³/mol. The maximum atomic E-state index is 13.1. The van der Waals surface area contributed by atoms with Gasteiger partial charge in [-0.05, 0) is 37.1 Å². The highest BCUT2D eigenvalue weighted by molar-refractivity contribution is 5.99. The largest absolute Gasteiger partial charge is 0.481 e. The summed E-state index contributed by atoms with van der Waals surface area (Å²) in [4.78, 5) is 24.1. The van der Waals surface area contributed by atoms with E-state index in [1.54, 1.807) is 20.0 Å². The highest BCUT2D eigenvalue weighted by atomic mass is 19.1. The number of carbonyl (C=O) groups excluding carboxylic acids is 1. The molecule has 2 unspecified atom stereocenters. The van der Waals surface area contributed by atoms with Crippen molar-refractivity contribution in [2.75, 3.05) is 11.9 Å². The van der Waals surface area contributed by atoms with Gasteiger partial charge in [0, 0.05) is 12.7 Å². The quantitative estimate of drug-likeness (QED) is 0.891. The monoisotopic (exact) mass is 251 g/mol. The zero-order valence-electron chi connectivity index (χ0n) is 10.2. The SMILES string of the molecule is Cc1cc(N(C)C(=O)C2CC2C(=O)O)ccc1F. The van der Waals surface area contributed by atoms with Crippen molar-refractivity contribution in [1.29, 1.82) is 0 Å². The van der Waals surface area contributed by atoms with Gasteiger partial charge in [-0.25, -0.2) is 4.39 Å². The first kappa shape index (κ1) is 12.5. The predicted octanol–water partition coefficient (Wildman–Crippen LogP) is 1.82. The first-order valence-corrected chi connectivity index (χ1v) is 5.68. The van der Waals surface area contributed by atoms with E-state index in [2.05, 4.69) is 0 Å². The molecule has 0 spiro atoms. The third-order valence-electron chi connectivity index (χ3n) is 3.28. The van der Waals surface area contributed by atoms with Gasteiger partial charge in [0.05, 0.1) is 11.8 Å². The summed E-state index contributed by atoms with van der Waals surface area (Å²) in [5, 5.41) is 8.79. The van der Waals surface area contributed by atoms with E-state index in [1.807, 2.05) is 0 Å². The molecule has 1 fully saturated rings. The number of halogens is 1.